The van der Waals surface area contributed by atoms with E-state index >= 15 is 0 Å². The molecule has 0 saturated carbocycles. The Balaban J connectivity index is 1.81. The maximum absolute atomic E-state index is 12.0. The average Bonchev–Trinajstić information content (AvgIpc) is 2.60. The van der Waals surface area contributed by atoms with Crippen LogP contribution >= 0.6 is 22.6 Å². The van der Waals surface area contributed by atoms with E-state index in [1.807, 2.05) is 28.7 Å². The Morgan fingerprint density at radius 2 is 1.84 bits per heavy atom. The molecule has 2 aromatic carbocycles. The number of amides is 2. The Kier molecular flexibility index (Phi) is 6.57. The lowest BCUT2D eigenvalue weighted by molar-refractivity contribution is -0.384. The van der Waals surface area contributed by atoms with E-state index in [1.165, 1.54) is 30.5 Å². The minimum atomic E-state index is -0.501. The number of hydrogen-bond acceptors (Lipinski definition) is 5. The molecule has 9 heteroatoms. The van der Waals surface area contributed by atoms with Gasteiger partial charge in [0, 0.05) is 15.7 Å². The molecule has 0 bridgehead atoms. The first-order valence-corrected chi connectivity index (χ1v) is 8.14. The fourth-order valence-corrected chi connectivity index (χ4v) is 2.43. The van der Waals surface area contributed by atoms with E-state index in [-0.39, 0.29) is 18.1 Å². The SMILES string of the molecule is O=C(CNC(=O)c1ccccc1I)N/N=C\c1ccc([N+](=O)[O-])cc1. The second-order valence-electron chi connectivity index (χ2n) is 4.80. The van der Waals surface area contributed by atoms with Crippen molar-refractivity contribution in [3.63, 3.8) is 0 Å². The van der Waals surface area contributed by atoms with Crippen LogP contribution < -0.4 is 10.7 Å². The number of nitrogens with zero attached hydrogens (tertiary/aromatic N) is 2. The van der Waals surface area contributed by atoms with Crippen molar-refractivity contribution in [1.29, 1.82) is 0 Å². The number of nitrogens with one attached hydrogen (secondary N) is 2. The number of non-ortho nitro benzene ring substituents is 1. The summed E-state index contributed by atoms with van der Waals surface area (Å²) in [6.45, 7) is -0.221. The minimum absolute atomic E-state index is 0.0283. The topological polar surface area (TPSA) is 114 Å². The Morgan fingerprint density at radius 3 is 2.48 bits per heavy atom. The number of hydrazone groups is 1. The summed E-state index contributed by atoms with van der Waals surface area (Å²) in [5.74, 6) is -0.836. The molecule has 128 valence electrons. The van der Waals surface area contributed by atoms with Gasteiger partial charge in [-0.2, -0.15) is 5.10 Å². The second kappa shape index (κ2) is 8.87. The van der Waals surface area contributed by atoms with Crippen molar-refractivity contribution in [2.45, 2.75) is 0 Å². The molecule has 0 atom stereocenters. The van der Waals surface area contributed by atoms with E-state index in [2.05, 4.69) is 15.8 Å². The molecule has 0 aromatic heterocycles. The number of nitro benzene ring substituents is 1. The highest BCUT2D eigenvalue weighted by atomic mass is 127. The summed E-state index contributed by atoms with van der Waals surface area (Å²) in [4.78, 5) is 33.7. The van der Waals surface area contributed by atoms with Gasteiger partial charge in [-0.15, -0.1) is 0 Å². The van der Waals surface area contributed by atoms with Crippen molar-refractivity contribution >= 4 is 46.3 Å². The highest BCUT2D eigenvalue weighted by molar-refractivity contribution is 14.1. The molecular formula is C16H13IN4O4. The summed E-state index contributed by atoms with van der Waals surface area (Å²) in [6, 6.07) is 12.7. The number of rotatable bonds is 6. The highest BCUT2D eigenvalue weighted by Gasteiger charge is 2.10. The predicted molar refractivity (Wildman–Crippen MR) is 100 cm³/mol. The van der Waals surface area contributed by atoms with Gasteiger partial charge in [0.15, 0.2) is 0 Å². The molecule has 25 heavy (non-hydrogen) atoms. The van der Waals surface area contributed by atoms with Crippen molar-refractivity contribution in [2.75, 3.05) is 6.54 Å². The van der Waals surface area contributed by atoms with Crippen LogP contribution in [-0.4, -0.2) is 29.5 Å². The van der Waals surface area contributed by atoms with Crippen LogP contribution in [0.4, 0.5) is 5.69 Å². The maximum atomic E-state index is 12.0. The van der Waals surface area contributed by atoms with Gasteiger partial charge in [-0.1, -0.05) is 12.1 Å². The third kappa shape index (κ3) is 5.64. The Hall–Kier alpha value is -2.82. The predicted octanol–water partition coefficient (Wildman–Crippen LogP) is 2.08. The number of hydrogen-bond donors (Lipinski definition) is 2. The van der Waals surface area contributed by atoms with Crippen molar-refractivity contribution in [3.05, 3.63) is 73.3 Å². The van der Waals surface area contributed by atoms with Gasteiger partial charge >= 0.3 is 0 Å². The van der Waals surface area contributed by atoms with Crippen LogP contribution in [0.3, 0.4) is 0 Å². The molecule has 0 aliphatic rings. The third-order valence-electron chi connectivity index (χ3n) is 3.03. The molecule has 0 aliphatic carbocycles. The largest absolute Gasteiger partial charge is 0.343 e. The fraction of sp³-hybridized carbons (Fsp3) is 0.0625. The van der Waals surface area contributed by atoms with Crippen LogP contribution in [0, 0.1) is 13.7 Å². The molecule has 0 heterocycles. The van der Waals surface area contributed by atoms with E-state index in [1.54, 1.807) is 18.2 Å². The molecule has 0 radical (unpaired) electrons. The van der Waals surface area contributed by atoms with Crippen LogP contribution in [0.2, 0.25) is 0 Å². The number of halogens is 1. The number of carbonyl (C=O) groups excluding carboxylic acids is 2. The summed E-state index contributed by atoms with van der Waals surface area (Å²) < 4.78 is 0.786. The van der Waals surface area contributed by atoms with E-state index in [4.69, 9.17) is 0 Å². The monoisotopic (exact) mass is 452 g/mol. The molecule has 2 N–H and O–H groups in total. The summed E-state index contributed by atoms with van der Waals surface area (Å²) in [5, 5.41) is 16.8. The summed E-state index contributed by atoms with van der Waals surface area (Å²) in [7, 11) is 0. The Bertz CT molecular complexity index is 821. The standard InChI is InChI=1S/C16H13IN4O4/c17-14-4-2-1-3-13(14)16(23)18-10-15(22)20-19-9-11-5-7-12(8-6-11)21(24)25/h1-9H,10H2,(H,18,23)(H,20,22)/b19-9-. The highest BCUT2D eigenvalue weighted by Crippen LogP contribution is 2.11. The van der Waals surface area contributed by atoms with Gasteiger partial charge in [-0.05, 0) is 52.4 Å². The number of benzene rings is 2. The normalized spacial score (nSPS) is 10.4. The number of nitro groups is 1. The molecule has 2 rings (SSSR count). The van der Waals surface area contributed by atoms with Crippen LogP contribution in [0.5, 0.6) is 0 Å². The van der Waals surface area contributed by atoms with E-state index < -0.39 is 10.8 Å². The Labute approximate surface area is 156 Å². The van der Waals surface area contributed by atoms with E-state index in [9.17, 15) is 19.7 Å². The molecule has 0 saturated heterocycles. The zero-order valence-electron chi connectivity index (χ0n) is 12.8. The molecular weight excluding hydrogens is 439 g/mol. The Morgan fingerprint density at radius 1 is 1.16 bits per heavy atom. The third-order valence-corrected chi connectivity index (χ3v) is 3.98. The molecule has 0 fully saturated rings. The molecule has 0 spiro atoms. The van der Waals surface area contributed by atoms with Crippen LogP contribution in [0.15, 0.2) is 53.6 Å². The van der Waals surface area contributed by atoms with Crippen LogP contribution in [-0.2, 0) is 4.79 Å². The average molecular weight is 452 g/mol. The smallest absolute Gasteiger partial charge is 0.269 e. The van der Waals surface area contributed by atoms with Crippen LogP contribution in [0.25, 0.3) is 0 Å². The zero-order chi connectivity index (χ0) is 18.2. The second-order valence-corrected chi connectivity index (χ2v) is 5.97. The zero-order valence-corrected chi connectivity index (χ0v) is 15.0. The molecule has 2 aromatic rings. The van der Waals surface area contributed by atoms with Crippen molar-refractivity contribution in [2.24, 2.45) is 5.10 Å². The summed E-state index contributed by atoms with van der Waals surface area (Å²) in [6.07, 6.45) is 1.35. The van der Waals surface area contributed by atoms with Gasteiger partial charge in [0.1, 0.15) is 0 Å². The molecule has 0 aliphatic heterocycles. The van der Waals surface area contributed by atoms with Crippen molar-refractivity contribution in [3.8, 4) is 0 Å². The van der Waals surface area contributed by atoms with Gasteiger partial charge in [0.05, 0.1) is 23.2 Å². The summed E-state index contributed by atoms with van der Waals surface area (Å²) >= 11 is 2.04. The minimum Gasteiger partial charge on any atom is -0.343 e. The van der Waals surface area contributed by atoms with Gasteiger partial charge in [-0.25, -0.2) is 5.43 Å². The first-order valence-electron chi connectivity index (χ1n) is 7.06. The lowest BCUT2D eigenvalue weighted by atomic mass is 10.2. The lowest BCUT2D eigenvalue weighted by Crippen LogP contribution is -2.35. The fourth-order valence-electron chi connectivity index (χ4n) is 1.80. The van der Waals surface area contributed by atoms with E-state index in [0.29, 0.717) is 11.1 Å². The van der Waals surface area contributed by atoms with Crippen LogP contribution in [0.1, 0.15) is 15.9 Å². The van der Waals surface area contributed by atoms with Crippen molar-refractivity contribution in [1.82, 2.24) is 10.7 Å². The van der Waals surface area contributed by atoms with Crippen molar-refractivity contribution < 1.29 is 14.5 Å². The molecule has 8 nitrogen and oxygen atoms in total. The van der Waals surface area contributed by atoms with Gasteiger partial charge in [-0.3, -0.25) is 19.7 Å². The summed E-state index contributed by atoms with van der Waals surface area (Å²) in [5.41, 5.74) is 3.32. The molecule has 0 unspecified atom stereocenters. The van der Waals surface area contributed by atoms with Gasteiger partial charge in [0.25, 0.3) is 17.5 Å². The number of carbonyl (C=O) groups is 2. The first-order chi connectivity index (χ1) is 12.0. The molecule has 2 amide bonds. The van der Waals surface area contributed by atoms with Gasteiger partial charge < -0.3 is 5.32 Å². The van der Waals surface area contributed by atoms with E-state index in [0.717, 1.165) is 3.57 Å². The first kappa shape index (κ1) is 18.5. The quantitative estimate of drug-likeness (QED) is 0.302. The maximum Gasteiger partial charge on any atom is 0.269 e. The van der Waals surface area contributed by atoms with Gasteiger partial charge in [0.2, 0.25) is 0 Å². The lowest BCUT2D eigenvalue weighted by Gasteiger charge is -2.05.